The molecule has 0 unspecified atom stereocenters. The van der Waals surface area contributed by atoms with E-state index < -0.39 is 0 Å². The maximum atomic E-state index is 13.2. The average Bonchev–Trinajstić information content (AvgIpc) is 3.00. The minimum atomic E-state index is -0.240. The summed E-state index contributed by atoms with van der Waals surface area (Å²) in [6.07, 6.45) is 4.15. The van der Waals surface area contributed by atoms with E-state index >= 15 is 0 Å². The molecule has 1 aromatic carbocycles. The van der Waals surface area contributed by atoms with Gasteiger partial charge in [0.1, 0.15) is 5.82 Å². The van der Waals surface area contributed by atoms with Crippen molar-refractivity contribution in [3.63, 3.8) is 0 Å². The number of likely N-dealkylation sites (tertiary alicyclic amines) is 1. The molecule has 1 aliphatic rings. The molecular formula is C20H19FN4O. The summed E-state index contributed by atoms with van der Waals surface area (Å²) in [6, 6.07) is 12.6. The molecule has 0 radical (unpaired) electrons. The molecular weight excluding hydrogens is 331 g/mol. The molecule has 26 heavy (non-hydrogen) atoms. The van der Waals surface area contributed by atoms with E-state index in [4.69, 9.17) is 5.10 Å². The van der Waals surface area contributed by atoms with E-state index in [1.165, 1.54) is 12.1 Å². The number of hydrogen-bond donors (Lipinski definition) is 0. The molecule has 6 heteroatoms. The number of carbonyl (C=O) groups is 1. The average molecular weight is 350 g/mol. The zero-order chi connectivity index (χ0) is 18.1. The summed E-state index contributed by atoms with van der Waals surface area (Å²) in [5.41, 5.74) is 3.96. The Kier molecular flexibility index (Phi) is 4.24. The van der Waals surface area contributed by atoms with Gasteiger partial charge in [-0.15, -0.1) is 0 Å². The van der Waals surface area contributed by atoms with Crippen LogP contribution in [0.25, 0.3) is 11.3 Å². The fourth-order valence-corrected chi connectivity index (χ4v) is 3.22. The molecule has 0 spiro atoms. The van der Waals surface area contributed by atoms with E-state index in [1.54, 1.807) is 36.4 Å². The molecule has 0 saturated carbocycles. The largest absolute Gasteiger partial charge is 0.339 e. The van der Waals surface area contributed by atoms with Gasteiger partial charge in [-0.05, 0) is 35.9 Å². The fraction of sp³-hybridized carbons (Fsp3) is 0.250. The lowest BCUT2D eigenvalue weighted by atomic mass is 10.1. The van der Waals surface area contributed by atoms with Gasteiger partial charge < -0.3 is 4.90 Å². The summed E-state index contributed by atoms with van der Waals surface area (Å²) in [4.78, 5) is 17.4. The Bertz CT molecular complexity index is 915. The quantitative estimate of drug-likeness (QED) is 0.727. The van der Waals surface area contributed by atoms with Crippen LogP contribution in [0.5, 0.6) is 0 Å². The predicted octanol–water partition coefficient (Wildman–Crippen LogP) is 3.08. The maximum Gasteiger partial charge on any atom is 0.219 e. The molecule has 132 valence electrons. The van der Waals surface area contributed by atoms with Crippen LogP contribution >= 0.6 is 0 Å². The van der Waals surface area contributed by atoms with Crippen LogP contribution in [-0.4, -0.2) is 38.7 Å². The molecule has 0 atom stereocenters. The monoisotopic (exact) mass is 350 g/mol. The zero-order valence-corrected chi connectivity index (χ0v) is 14.5. The lowest BCUT2D eigenvalue weighted by molar-refractivity contribution is -0.134. The number of aromatic nitrogens is 3. The summed E-state index contributed by atoms with van der Waals surface area (Å²) < 4.78 is 15.2. The van der Waals surface area contributed by atoms with Crippen molar-refractivity contribution in [3.8, 4) is 11.3 Å². The van der Waals surface area contributed by atoms with Crippen LogP contribution < -0.4 is 0 Å². The van der Waals surface area contributed by atoms with E-state index in [2.05, 4.69) is 11.1 Å². The van der Waals surface area contributed by atoms with Gasteiger partial charge in [0.2, 0.25) is 5.91 Å². The van der Waals surface area contributed by atoms with Gasteiger partial charge in [0.05, 0.1) is 11.7 Å². The molecule has 3 aromatic rings. The normalized spacial score (nSPS) is 14.3. The highest BCUT2D eigenvalue weighted by molar-refractivity contribution is 5.74. The molecule has 1 aliphatic heterocycles. The lowest BCUT2D eigenvalue weighted by Crippen LogP contribution is -2.50. The van der Waals surface area contributed by atoms with Crippen molar-refractivity contribution in [2.24, 2.45) is 0 Å². The van der Waals surface area contributed by atoms with E-state index in [0.29, 0.717) is 19.5 Å². The smallest absolute Gasteiger partial charge is 0.219 e. The van der Waals surface area contributed by atoms with Gasteiger partial charge in [0.15, 0.2) is 0 Å². The summed E-state index contributed by atoms with van der Waals surface area (Å²) in [6.45, 7) is 2.92. The van der Waals surface area contributed by atoms with Gasteiger partial charge in [-0.25, -0.2) is 4.39 Å². The SMILES string of the molecule is CC(=O)N1CC(n2nc(-c3ccncc3)cc2Cc2ccc(F)cc2)C1. The Morgan fingerprint density at radius 2 is 1.85 bits per heavy atom. The molecule has 0 N–H and O–H groups in total. The zero-order valence-electron chi connectivity index (χ0n) is 14.5. The minimum Gasteiger partial charge on any atom is -0.339 e. The Balaban J connectivity index is 1.65. The number of benzene rings is 1. The van der Waals surface area contributed by atoms with E-state index in [1.807, 2.05) is 16.8 Å². The first-order valence-electron chi connectivity index (χ1n) is 8.59. The topological polar surface area (TPSA) is 51.0 Å². The van der Waals surface area contributed by atoms with Crippen LogP contribution in [-0.2, 0) is 11.2 Å². The third-order valence-electron chi connectivity index (χ3n) is 4.74. The maximum absolute atomic E-state index is 13.2. The van der Waals surface area contributed by atoms with Crippen molar-refractivity contribution in [1.29, 1.82) is 0 Å². The third kappa shape index (κ3) is 3.22. The molecule has 1 amide bonds. The van der Waals surface area contributed by atoms with Gasteiger partial charge in [0.25, 0.3) is 0 Å². The first-order valence-corrected chi connectivity index (χ1v) is 8.59. The Morgan fingerprint density at radius 1 is 1.15 bits per heavy atom. The Labute approximate surface area is 151 Å². The number of hydrogen-bond acceptors (Lipinski definition) is 3. The van der Waals surface area contributed by atoms with Crippen LogP contribution in [0.1, 0.15) is 24.2 Å². The molecule has 4 rings (SSSR count). The third-order valence-corrected chi connectivity index (χ3v) is 4.74. The minimum absolute atomic E-state index is 0.0860. The number of halogens is 1. The van der Waals surface area contributed by atoms with E-state index in [-0.39, 0.29) is 17.8 Å². The lowest BCUT2D eigenvalue weighted by Gasteiger charge is -2.39. The number of carbonyl (C=O) groups excluding carboxylic acids is 1. The van der Waals surface area contributed by atoms with E-state index in [0.717, 1.165) is 22.5 Å². The van der Waals surface area contributed by atoms with Crippen molar-refractivity contribution in [2.75, 3.05) is 13.1 Å². The highest BCUT2D eigenvalue weighted by Crippen LogP contribution is 2.27. The number of amides is 1. The number of nitrogens with zero attached hydrogens (tertiary/aromatic N) is 4. The van der Waals surface area contributed by atoms with Crippen LogP contribution in [0.15, 0.2) is 54.9 Å². The highest BCUT2D eigenvalue weighted by Gasteiger charge is 2.32. The van der Waals surface area contributed by atoms with Crippen molar-refractivity contribution >= 4 is 5.91 Å². The predicted molar refractivity (Wildman–Crippen MR) is 96.0 cm³/mol. The van der Waals surface area contributed by atoms with Crippen molar-refractivity contribution in [3.05, 3.63) is 71.9 Å². The second-order valence-electron chi connectivity index (χ2n) is 6.58. The standard InChI is InChI=1S/C20H19FN4O/c1-14(26)24-12-19(13-24)25-18(10-15-2-4-17(21)5-3-15)11-20(23-25)16-6-8-22-9-7-16/h2-9,11,19H,10,12-13H2,1H3. The molecule has 0 aliphatic carbocycles. The summed E-state index contributed by atoms with van der Waals surface area (Å²) in [7, 11) is 0. The van der Waals surface area contributed by atoms with Gasteiger partial charge >= 0.3 is 0 Å². The summed E-state index contributed by atoms with van der Waals surface area (Å²) in [5, 5.41) is 4.79. The highest BCUT2D eigenvalue weighted by atomic mass is 19.1. The summed E-state index contributed by atoms with van der Waals surface area (Å²) in [5.74, 6) is -0.154. The van der Waals surface area contributed by atoms with Crippen LogP contribution in [0.4, 0.5) is 4.39 Å². The van der Waals surface area contributed by atoms with Crippen molar-refractivity contribution in [2.45, 2.75) is 19.4 Å². The van der Waals surface area contributed by atoms with Gasteiger partial charge in [-0.2, -0.15) is 5.10 Å². The second-order valence-corrected chi connectivity index (χ2v) is 6.58. The summed E-state index contributed by atoms with van der Waals surface area (Å²) >= 11 is 0. The van der Waals surface area contributed by atoms with Crippen LogP contribution in [0, 0.1) is 5.82 Å². The van der Waals surface area contributed by atoms with Crippen LogP contribution in [0.3, 0.4) is 0 Å². The Morgan fingerprint density at radius 3 is 2.50 bits per heavy atom. The Hall–Kier alpha value is -3.02. The molecule has 0 bridgehead atoms. The number of pyridine rings is 1. The first-order chi connectivity index (χ1) is 12.6. The molecule has 3 heterocycles. The number of rotatable bonds is 4. The molecule has 2 aromatic heterocycles. The van der Waals surface area contributed by atoms with Crippen molar-refractivity contribution in [1.82, 2.24) is 19.7 Å². The van der Waals surface area contributed by atoms with Crippen molar-refractivity contribution < 1.29 is 9.18 Å². The second kappa shape index (κ2) is 6.71. The van der Waals surface area contributed by atoms with Gasteiger partial charge in [-0.1, -0.05) is 12.1 Å². The molecule has 1 fully saturated rings. The van der Waals surface area contributed by atoms with Gasteiger partial charge in [0, 0.05) is 50.1 Å². The van der Waals surface area contributed by atoms with Gasteiger partial charge in [-0.3, -0.25) is 14.5 Å². The molecule has 1 saturated heterocycles. The van der Waals surface area contributed by atoms with E-state index in [9.17, 15) is 9.18 Å². The van der Waals surface area contributed by atoms with Crippen LogP contribution in [0.2, 0.25) is 0 Å². The fourth-order valence-electron chi connectivity index (χ4n) is 3.22. The first kappa shape index (κ1) is 16.4. The molecule has 5 nitrogen and oxygen atoms in total.